The summed E-state index contributed by atoms with van der Waals surface area (Å²) in [6, 6.07) is 0. The molecule has 0 aromatic heterocycles. The fraction of sp³-hybridized carbons (Fsp3) is 0.800. The normalized spacial score (nSPS) is 25.4. The highest BCUT2D eigenvalue weighted by Crippen LogP contribution is 2.30. The largest absolute Gasteiger partial charge is 0.390 e. The Morgan fingerprint density at radius 1 is 1.64 bits per heavy atom. The molecule has 64 valence electrons. The minimum absolute atomic E-state index is 0.128. The minimum atomic E-state index is -4.16. The number of amides is 1. The molecule has 0 aromatic rings. The molecule has 6 heteroatoms. The van der Waals surface area contributed by atoms with Gasteiger partial charge in [0.15, 0.2) is 0 Å². The zero-order chi connectivity index (χ0) is 8.48. The number of nitrogens with one attached hydrogen (secondary N) is 1. The number of hydrogen-bond acceptors (Lipinski definition) is 2. The summed E-state index contributed by atoms with van der Waals surface area (Å²) in [7, 11) is 0. The molecule has 1 fully saturated rings. The van der Waals surface area contributed by atoms with Crippen LogP contribution in [0, 0.1) is 0 Å². The van der Waals surface area contributed by atoms with Crippen LogP contribution in [0.25, 0.3) is 0 Å². The van der Waals surface area contributed by atoms with E-state index in [1.165, 1.54) is 0 Å². The van der Waals surface area contributed by atoms with Crippen LogP contribution >= 0.6 is 11.8 Å². The Labute approximate surface area is 65.5 Å². The summed E-state index contributed by atoms with van der Waals surface area (Å²) in [5.74, 6) is 0. The third-order valence-electron chi connectivity index (χ3n) is 1.21. The topological polar surface area (TPSA) is 29.1 Å². The average Bonchev–Trinajstić information content (AvgIpc) is 2.10. The maximum atomic E-state index is 11.7. The van der Waals surface area contributed by atoms with Crippen molar-refractivity contribution in [2.24, 2.45) is 0 Å². The number of carbonyl (C=O) groups excluding carboxylic acids is 1. The maximum absolute atomic E-state index is 11.7. The molecule has 1 heterocycles. The van der Waals surface area contributed by atoms with Crippen LogP contribution in [0.5, 0.6) is 0 Å². The van der Waals surface area contributed by atoms with Gasteiger partial charge in [0.2, 0.25) is 0 Å². The van der Waals surface area contributed by atoms with Crippen molar-refractivity contribution in [3.63, 3.8) is 0 Å². The van der Waals surface area contributed by atoms with Gasteiger partial charge in [0.1, 0.15) is 0 Å². The van der Waals surface area contributed by atoms with Crippen molar-refractivity contribution >= 4 is 17.0 Å². The van der Waals surface area contributed by atoms with Crippen molar-refractivity contribution in [2.45, 2.75) is 17.8 Å². The van der Waals surface area contributed by atoms with Crippen molar-refractivity contribution in [2.75, 3.05) is 6.54 Å². The van der Waals surface area contributed by atoms with E-state index in [0.717, 1.165) is 11.8 Å². The van der Waals surface area contributed by atoms with Crippen LogP contribution in [-0.4, -0.2) is 23.2 Å². The summed E-state index contributed by atoms with van der Waals surface area (Å²) >= 11 is 0.722. The van der Waals surface area contributed by atoms with Crippen LogP contribution in [0.4, 0.5) is 18.0 Å². The molecule has 0 saturated carbocycles. The van der Waals surface area contributed by atoms with Crippen molar-refractivity contribution in [3.05, 3.63) is 0 Å². The fourth-order valence-corrected chi connectivity index (χ4v) is 1.71. The highest BCUT2D eigenvalue weighted by atomic mass is 32.2. The third kappa shape index (κ3) is 3.00. The van der Waals surface area contributed by atoms with E-state index in [1.54, 1.807) is 0 Å². The number of rotatable bonds is 1. The Bertz CT molecular complexity index is 170. The maximum Gasteiger partial charge on any atom is 0.390 e. The van der Waals surface area contributed by atoms with Gasteiger partial charge in [0.05, 0.1) is 6.42 Å². The average molecular weight is 185 g/mol. The monoisotopic (exact) mass is 185 g/mol. The highest BCUT2D eigenvalue weighted by Gasteiger charge is 2.35. The van der Waals surface area contributed by atoms with E-state index in [2.05, 4.69) is 5.32 Å². The molecule has 1 N–H and O–H groups in total. The van der Waals surface area contributed by atoms with Crippen LogP contribution in [0.2, 0.25) is 0 Å². The Morgan fingerprint density at radius 2 is 2.27 bits per heavy atom. The van der Waals surface area contributed by atoms with E-state index < -0.39 is 17.8 Å². The van der Waals surface area contributed by atoms with E-state index in [-0.39, 0.29) is 11.8 Å². The zero-order valence-corrected chi connectivity index (χ0v) is 6.26. The van der Waals surface area contributed by atoms with Crippen molar-refractivity contribution < 1.29 is 18.0 Å². The first-order chi connectivity index (χ1) is 4.97. The Kier molecular flexibility index (Phi) is 2.31. The number of alkyl halides is 3. The SMILES string of the molecule is O=C1NCC(CC(F)(F)F)S1. The molecule has 0 spiro atoms. The predicted molar refractivity (Wildman–Crippen MR) is 35.4 cm³/mol. The van der Waals surface area contributed by atoms with Gasteiger partial charge in [-0.25, -0.2) is 0 Å². The first-order valence-corrected chi connectivity index (χ1v) is 3.86. The third-order valence-corrected chi connectivity index (χ3v) is 2.23. The van der Waals surface area contributed by atoms with Crippen LogP contribution in [0.15, 0.2) is 0 Å². The van der Waals surface area contributed by atoms with Gasteiger partial charge in [-0.05, 0) is 0 Å². The lowest BCUT2D eigenvalue weighted by Gasteiger charge is -2.08. The standard InChI is InChI=1S/C5H6F3NOS/c6-5(7,8)1-3-2-9-4(10)11-3/h3H,1-2H2,(H,9,10). The van der Waals surface area contributed by atoms with Gasteiger partial charge < -0.3 is 5.32 Å². The minimum Gasteiger partial charge on any atom is -0.346 e. The first-order valence-electron chi connectivity index (χ1n) is 2.98. The van der Waals surface area contributed by atoms with E-state index >= 15 is 0 Å². The Balaban J connectivity index is 2.34. The molecule has 1 rings (SSSR count). The second-order valence-corrected chi connectivity index (χ2v) is 3.50. The molecule has 1 saturated heterocycles. The molecule has 0 aliphatic carbocycles. The van der Waals surface area contributed by atoms with Gasteiger partial charge >= 0.3 is 6.18 Å². The molecular weight excluding hydrogens is 179 g/mol. The lowest BCUT2D eigenvalue weighted by atomic mass is 10.3. The summed E-state index contributed by atoms with van der Waals surface area (Å²) in [5, 5.41) is 1.32. The molecule has 1 aliphatic heterocycles. The van der Waals surface area contributed by atoms with Gasteiger partial charge in [0.25, 0.3) is 5.24 Å². The first kappa shape index (κ1) is 8.70. The highest BCUT2D eigenvalue weighted by molar-refractivity contribution is 8.14. The van der Waals surface area contributed by atoms with E-state index in [4.69, 9.17) is 0 Å². The van der Waals surface area contributed by atoms with Crippen LogP contribution in [0.3, 0.4) is 0 Å². The smallest absolute Gasteiger partial charge is 0.346 e. The summed E-state index contributed by atoms with van der Waals surface area (Å²) in [6.45, 7) is 0.128. The second-order valence-electron chi connectivity index (χ2n) is 2.23. The molecule has 2 nitrogen and oxygen atoms in total. The van der Waals surface area contributed by atoms with E-state index in [0.29, 0.717) is 0 Å². The lowest BCUT2D eigenvalue weighted by molar-refractivity contribution is -0.133. The summed E-state index contributed by atoms with van der Waals surface area (Å²) in [6.07, 6.45) is -5.06. The Hall–Kier alpha value is -0.390. The van der Waals surface area contributed by atoms with Gasteiger partial charge in [-0.2, -0.15) is 13.2 Å². The van der Waals surface area contributed by atoms with E-state index in [9.17, 15) is 18.0 Å². The van der Waals surface area contributed by atoms with Crippen LogP contribution in [-0.2, 0) is 0 Å². The van der Waals surface area contributed by atoms with Gasteiger partial charge in [-0.3, -0.25) is 4.79 Å². The number of carbonyl (C=O) groups is 1. The van der Waals surface area contributed by atoms with Gasteiger partial charge in [-0.1, -0.05) is 11.8 Å². The molecular formula is C5H6F3NOS. The van der Waals surface area contributed by atoms with Crippen molar-refractivity contribution in [1.82, 2.24) is 5.32 Å². The molecule has 1 atom stereocenters. The summed E-state index contributed by atoms with van der Waals surface area (Å²) in [4.78, 5) is 10.4. The van der Waals surface area contributed by atoms with Crippen LogP contribution in [0.1, 0.15) is 6.42 Å². The molecule has 0 aromatic carbocycles. The van der Waals surface area contributed by atoms with Gasteiger partial charge in [-0.15, -0.1) is 0 Å². The molecule has 1 aliphatic rings. The van der Waals surface area contributed by atoms with E-state index in [1.807, 2.05) is 0 Å². The molecule has 0 bridgehead atoms. The fourth-order valence-electron chi connectivity index (χ4n) is 0.804. The number of hydrogen-bond donors (Lipinski definition) is 1. The molecule has 11 heavy (non-hydrogen) atoms. The Morgan fingerprint density at radius 3 is 2.64 bits per heavy atom. The summed E-state index contributed by atoms with van der Waals surface area (Å²) < 4.78 is 35.0. The predicted octanol–water partition coefficient (Wildman–Crippen LogP) is 1.76. The second kappa shape index (κ2) is 2.92. The lowest BCUT2D eigenvalue weighted by Crippen LogP contribution is -2.21. The number of halogens is 3. The molecule has 1 amide bonds. The molecule has 0 radical (unpaired) electrons. The quantitative estimate of drug-likeness (QED) is 0.674. The van der Waals surface area contributed by atoms with Gasteiger partial charge in [0, 0.05) is 11.8 Å². The molecule has 1 unspecified atom stereocenters. The summed E-state index contributed by atoms with van der Waals surface area (Å²) in [5.41, 5.74) is 0. The van der Waals surface area contributed by atoms with Crippen LogP contribution < -0.4 is 5.32 Å². The van der Waals surface area contributed by atoms with Crippen molar-refractivity contribution in [1.29, 1.82) is 0 Å². The zero-order valence-electron chi connectivity index (χ0n) is 5.44. The number of thioether (sulfide) groups is 1. The van der Waals surface area contributed by atoms with Crippen molar-refractivity contribution in [3.8, 4) is 0 Å².